The number of aromatic nitrogens is 3. The van der Waals surface area contributed by atoms with E-state index in [4.69, 9.17) is 49.0 Å². The molecule has 3 aliphatic heterocycles. The molecule has 3 aliphatic carbocycles. The van der Waals surface area contributed by atoms with Crippen molar-refractivity contribution in [1.82, 2.24) is 15.0 Å². The van der Waals surface area contributed by atoms with Gasteiger partial charge in [-0.25, -0.2) is 0 Å². The van der Waals surface area contributed by atoms with Gasteiger partial charge in [-0.05, 0) is 82.6 Å². The molecule has 0 amide bonds. The van der Waals surface area contributed by atoms with E-state index in [1.807, 2.05) is 115 Å². The van der Waals surface area contributed by atoms with E-state index >= 15 is 0 Å². The van der Waals surface area contributed by atoms with Crippen LogP contribution < -0.4 is 14.2 Å². The van der Waals surface area contributed by atoms with E-state index in [0.717, 1.165) is 21.2 Å². The molecule has 15 rings (SSSR count). The van der Waals surface area contributed by atoms with Crippen LogP contribution in [0.25, 0.3) is 0 Å². The molecule has 9 aromatic rings. The van der Waals surface area contributed by atoms with Crippen LogP contribution in [0.4, 0.5) is 0 Å². The number of aliphatic hydroxyl groups is 5. The van der Waals surface area contributed by atoms with Crippen LogP contribution in [0.2, 0.25) is 15.1 Å². The molecular weight excluding hydrogens is 1230 g/mol. The van der Waals surface area contributed by atoms with Crippen molar-refractivity contribution in [2.45, 2.75) is 90.3 Å². The van der Waals surface area contributed by atoms with E-state index in [-0.39, 0.29) is 54.5 Å². The Bertz CT molecular complexity index is 4020. The molecule has 87 heavy (non-hydrogen) atoms. The maximum absolute atomic E-state index is 13.2. The number of ketones is 1. The topological polar surface area (TPSA) is 232 Å². The molecule has 3 saturated carbocycles. The van der Waals surface area contributed by atoms with Gasteiger partial charge in [0.1, 0.15) is 34.3 Å². The average Bonchev–Trinajstić information content (AvgIpc) is 1.54. The first-order chi connectivity index (χ1) is 41.5. The lowest BCUT2D eigenvalue weighted by Crippen LogP contribution is -2.52. The van der Waals surface area contributed by atoms with Crippen LogP contribution in [0.3, 0.4) is 0 Å². The number of ether oxygens (including phenoxy) is 3. The van der Waals surface area contributed by atoms with Crippen molar-refractivity contribution >= 4 is 56.5 Å². The second-order valence-corrected chi connectivity index (χ2v) is 24.4. The molecule has 0 saturated heterocycles. The van der Waals surface area contributed by atoms with E-state index < -0.39 is 45.8 Å². The van der Waals surface area contributed by atoms with Crippen molar-refractivity contribution < 1.29 is 44.5 Å². The second kappa shape index (κ2) is 22.3. The Labute approximate surface area is 524 Å². The first kappa shape index (κ1) is 59.3. The lowest BCUT2D eigenvalue weighted by molar-refractivity contribution is -0.151. The highest BCUT2D eigenvalue weighted by Crippen LogP contribution is 2.69. The average molecular weight is 1280 g/mol. The summed E-state index contributed by atoms with van der Waals surface area (Å²) in [6, 6.07) is 59.4. The number of rotatable bonds is 6. The predicted octanol–water partition coefficient (Wildman–Crippen LogP) is 12.6. The van der Waals surface area contributed by atoms with Gasteiger partial charge in [-0.1, -0.05) is 186 Å². The third-order valence-electron chi connectivity index (χ3n) is 17.9. The first-order valence-corrected chi connectivity index (χ1v) is 29.4. The zero-order valence-electron chi connectivity index (χ0n) is 45.2. The van der Waals surface area contributed by atoms with Gasteiger partial charge >= 0.3 is 0 Å². The van der Waals surface area contributed by atoms with Crippen LogP contribution in [-0.2, 0) is 38.4 Å². The molecule has 6 aliphatic rings. The summed E-state index contributed by atoms with van der Waals surface area (Å²) in [6.07, 6.45) is 2.87. The number of carbonyl (C=O) groups is 1. The smallest absolute Gasteiger partial charge is 0.213 e. The number of carbonyl (C=O) groups excluding carboxylic acids is 1. The molecule has 11 atom stereocenters. The van der Waals surface area contributed by atoms with Crippen LogP contribution in [0.5, 0.6) is 17.2 Å². The summed E-state index contributed by atoms with van der Waals surface area (Å²) >= 11 is 21.8. The Morgan fingerprint density at radius 3 is 1.21 bits per heavy atom. The summed E-state index contributed by atoms with van der Waals surface area (Å²) in [5, 5.41) is 77.4. The van der Waals surface area contributed by atoms with Crippen LogP contribution in [0.1, 0.15) is 106 Å². The number of pyridine rings is 3. The summed E-state index contributed by atoms with van der Waals surface area (Å²) in [7, 11) is 0. The number of halogens is 4. The Morgan fingerprint density at radius 1 is 0.483 bits per heavy atom. The minimum absolute atomic E-state index is 0. The fourth-order valence-electron chi connectivity index (χ4n) is 14.2. The van der Waals surface area contributed by atoms with Crippen LogP contribution >= 0.6 is 50.7 Å². The molecule has 18 heteroatoms. The van der Waals surface area contributed by atoms with Crippen molar-refractivity contribution in [3.63, 3.8) is 0 Å². The number of nitrogens with zero attached hydrogens (tertiary/aromatic N) is 5. The molecule has 3 fully saturated rings. The molecule has 6 aromatic carbocycles. The van der Waals surface area contributed by atoms with Crippen molar-refractivity contribution in [3.8, 4) is 29.4 Å². The van der Waals surface area contributed by atoms with Gasteiger partial charge < -0.3 is 39.7 Å². The van der Waals surface area contributed by atoms with Crippen LogP contribution in [0, 0.1) is 22.7 Å². The van der Waals surface area contributed by atoms with Crippen molar-refractivity contribution in [2.75, 3.05) is 0 Å². The number of hydrogen-bond donors (Lipinski definition) is 5. The molecule has 0 radical (unpaired) electrons. The van der Waals surface area contributed by atoms with Crippen molar-refractivity contribution in [2.24, 2.45) is 0 Å². The predicted molar refractivity (Wildman–Crippen MR) is 328 cm³/mol. The molecule has 5 N–H and O–H groups in total. The number of nitriles is 2. The Balaban J connectivity index is 0.000000127. The molecule has 436 valence electrons. The number of Topliss-reactive ketones (excluding diaryl/α,β-unsaturated/α-hetero) is 1. The SMILES string of the molecule is C.N#Cc1ccc([C@@]23Oc4cc(Cl)cnc4[C@]2(O)[C@@H](O)C[C@H]3c2ccccc2)cc1.N#Cc1ccc([C@@]23Oc4cc(Cl)cnc4[C@]2(O)[C@@H](O)C[C@H]3c2ccccc2)cc1.O=C1C[C@@H](c2ccccc2)[C@]2(c3ccc(Br)cc3)Oc3cc(Cl)cnc3[C@]12O. The molecule has 0 unspecified atom stereocenters. The normalized spacial score (nSPS) is 28.7. The lowest BCUT2D eigenvalue weighted by Gasteiger charge is -2.40. The molecule has 0 bridgehead atoms. The molecule has 3 aromatic heterocycles. The number of benzene rings is 6. The first-order valence-electron chi connectivity index (χ1n) is 27.5. The largest absolute Gasteiger partial charge is 0.476 e. The summed E-state index contributed by atoms with van der Waals surface area (Å²) in [5.41, 5.74) is -2.72. The van der Waals surface area contributed by atoms with Crippen LogP contribution in [-0.4, -0.2) is 58.5 Å². The van der Waals surface area contributed by atoms with E-state index in [2.05, 4.69) is 43.0 Å². The minimum Gasteiger partial charge on any atom is -0.476 e. The number of fused-ring (bicyclic) bond motifs is 9. The fraction of sp³-hybridized carbons (Fsp3) is 0.217. The van der Waals surface area contributed by atoms with Gasteiger partial charge in [0.25, 0.3) is 0 Å². The van der Waals surface area contributed by atoms with Gasteiger partial charge in [-0.3, -0.25) is 19.7 Å². The van der Waals surface area contributed by atoms with Gasteiger partial charge in [0.15, 0.2) is 33.8 Å². The summed E-state index contributed by atoms with van der Waals surface area (Å²) in [5.74, 6) is -0.326. The summed E-state index contributed by atoms with van der Waals surface area (Å²) in [4.78, 5) is 26.2. The van der Waals surface area contributed by atoms with Gasteiger partial charge in [0.05, 0.1) is 50.5 Å². The second-order valence-electron chi connectivity index (χ2n) is 22.2. The maximum Gasteiger partial charge on any atom is 0.213 e. The Morgan fingerprint density at radius 2 is 0.816 bits per heavy atom. The monoisotopic (exact) mass is 1280 g/mol. The van der Waals surface area contributed by atoms with Gasteiger partial charge in [-0.15, -0.1) is 0 Å². The molecular formula is C69H53BrCl3N5O9. The Hall–Kier alpha value is -8.03. The quantitative estimate of drug-likeness (QED) is 0.104. The fourth-order valence-corrected chi connectivity index (χ4v) is 14.9. The molecule has 0 spiro atoms. The van der Waals surface area contributed by atoms with E-state index in [1.54, 1.807) is 66.7 Å². The van der Waals surface area contributed by atoms with E-state index in [0.29, 0.717) is 73.0 Å². The van der Waals surface area contributed by atoms with Gasteiger partial charge in [-0.2, -0.15) is 10.5 Å². The lowest BCUT2D eigenvalue weighted by atomic mass is 9.72. The van der Waals surface area contributed by atoms with Crippen molar-refractivity contribution in [1.29, 1.82) is 10.5 Å². The minimum atomic E-state index is -1.89. The summed E-state index contributed by atoms with van der Waals surface area (Å²) < 4.78 is 20.2. The molecule has 14 nitrogen and oxygen atoms in total. The van der Waals surface area contributed by atoms with Crippen molar-refractivity contribution in [3.05, 3.63) is 282 Å². The van der Waals surface area contributed by atoms with E-state index in [9.17, 15) is 40.9 Å². The third-order valence-corrected chi connectivity index (χ3v) is 19.1. The summed E-state index contributed by atoms with van der Waals surface area (Å²) in [6.45, 7) is 0. The third kappa shape index (κ3) is 8.74. The maximum atomic E-state index is 13.2. The van der Waals surface area contributed by atoms with Crippen LogP contribution in [0.15, 0.2) is 205 Å². The zero-order valence-corrected chi connectivity index (χ0v) is 49.0. The Kier molecular flexibility index (Phi) is 15.2. The standard InChI is InChI=1S/2C23H17ClN2O3.C22H15BrClNO3.CH4/c2*24-17-10-19-21(26-13-17)22(28)20(27)11-18(15-4-2-1-3-5-15)23(22,29-19)16-8-6-14(12-25)7-9-16;23-15-8-6-14(7-9-15)22-17(13-4-2-1-3-5-13)11-19(26)21(22,27)20-18(28-22)10-16(24)12-25-20;/h2*1-10,13,18,20,27-28H,11H2;1-10,12,17,27H,11H2;1H4/t2*18-,20-,22+,23-;17-,21+,22-;/m000./s1. The van der Waals surface area contributed by atoms with Gasteiger partial charge in [0.2, 0.25) is 5.60 Å². The molecule has 6 heterocycles. The highest BCUT2D eigenvalue weighted by atomic mass is 79.9. The number of aliphatic hydroxyl groups excluding tert-OH is 2. The highest BCUT2D eigenvalue weighted by Gasteiger charge is 2.76. The van der Waals surface area contributed by atoms with E-state index in [1.165, 1.54) is 18.6 Å². The highest BCUT2D eigenvalue weighted by molar-refractivity contribution is 9.10. The van der Waals surface area contributed by atoms with Gasteiger partial charge in [0, 0.05) is 65.4 Å². The number of hydrogen-bond acceptors (Lipinski definition) is 14. The zero-order chi connectivity index (χ0) is 60.0.